The average molecular weight is 405 g/mol. The molecule has 0 aliphatic rings. The molecule has 0 heterocycles. The summed E-state index contributed by atoms with van der Waals surface area (Å²) in [6.45, 7) is -0.494. The van der Waals surface area contributed by atoms with E-state index in [-0.39, 0.29) is 29.2 Å². The molecule has 0 atom stereocenters. The number of amides is 1. The number of carbonyl (C=O) groups excluding carboxylic acids is 3. The molecule has 0 aliphatic carbocycles. The Morgan fingerprint density at radius 1 is 1.04 bits per heavy atom. The summed E-state index contributed by atoms with van der Waals surface area (Å²) < 4.78 is 4.85. The molecule has 1 amide bonds. The molecule has 0 aliphatic heterocycles. The molecule has 0 saturated heterocycles. The quantitative estimate of drug-likeness (QED) is 0.555. The Hall–Kier alpha value is -2.88. The van der Waals surface area contributed by atoms with E-state index in [2.05, 4.69) is 5.32 Å². The van der Waals surface area contributed by atoms with Crippen LogP contribution >= 0.6 is 23.2 Å². The zero-order chi connectivity index (χ0) is 19.8. The fourth-order valence-corrected chi connectivity index (χ4v) is 2.44. The van der Waals surface area contributed by atoms with Crippen molar-refractivity contribution in [2.75, 3.05) is 11.9 Å². The van der Waals surface area contributed by atoms with Crippen LogP contribution in [0.2, 0.25) is 10.0 Å². The predicted octanol–water partition coefficient (Wildman–Crippen LogP) is 4.01. The largest absolute Gasteiger partial charge is 0.456 e. The number of anilines is 1. The molecule has 0 saturated carbocycles. The Bertz CT molecular complexity index is 905. The third kappa shape index (κ3) is 6.41. The summed E-state index contributed by atoms with van der Waals surface area (Å²) in [4.78, 5) is 35.5. The third-order valence-corrected chi connectivity index (χ3v) is 4.02. The lowest BCUT2D eigenvalue weighted by Gasteiger charge is -2.07. The maximum Gasteiger partial charge on any atom is 0.306 e. The summed E-state index contributed by atoms with van der Waals surface area (Å²) in [7, 11) is 0. The van der Waals surface area contributed by atoms with Gasteiger partial charge in [0.1, 0.15) is 6.07 Å². The van der Waals surface area contributed by atoms with Gasteiger partial charge in [0.15, 0.2) is 12.4 Å². The Balaban J connectivity index is 1.75. The number of hydrogen-bond acceptors (Lipinski definition) is 5. The molecule has 2 rings (SSSR count). The summed E-state index contributed by atoms with van der Waals surface area (Å²) in [5, 5.41) is 12.0. The van der Waals surface area contributed by atoms with Crippen molar-refractivity contribution in [2.24, 2.45) is 0 Å². The van der Waals surface area contributed by atoms with Gasteiger partial charge >= 0.3 is 5.97 Å². The van der Waals surface area contributed by atoms with Gasteiger partial charge in [-0.1, -0.05) is 23.2 Å². The van der Waals surface area contributed by atoms with Gasteiger partial charge in [0.25, 0.3) is 5.91 Å². The van der Waals surface area contributed by atoms with E-state index >= 15 is 0 Å². The van der Waals surface area contributed by atoms with E-state index < -0.39 is 18.5 Å². The fraction of sp³-hybridized carbons (Fsp3) is 0.158. The molecule has 138 valence electrons. The minimum Gasteiger partial charge on any atom is -0.456 e. The third-order valence-electron chi connectivity index (χ3n) is 3.46. The number of ketones is 1. The molecule has 0 aromatic heterocycles. The Labute approximate surface area is 165 Å². The molecular formula is C19H14Cl2N2O4. The van der Waals surface area contributed by atoms with Gasteiger partial charge in [-0.25, -0.2) is 0 Å². The van der Waals surface area contributed by atoms with Crippen molar-refractivity contribution in [3.05, 3.63) is 63.6 Å². The first-order chi connectivity index (χ1) is 12.9. The zero-order valence-electron chi connectivity index (χ0n) is 14.0. The van der Waals surface area contributed by atoms with Crippen molar-refractivity contribution in [3.8, 4) is 6.07 Å². The van der Waals surface area contributed by atoms with E-state index in [1.807, 2.05) is 6.07 Å². The van der Waals surface area contributed by atoms with Crippen LogP contribution in [-0.2, 0) is 14.3 Å². The van der Waals surface area contributed by atoms with E-state index in [0.717, 1.165) is 0 Å². The van der Waals surface area contributed by atoms with Crippen molar-refractivity contribution < 1.29 is 19.1 Å². The lowest BCUT2D eigenvalue weighted by molar-refractivity contribution is -0.147. The van der Waals surface area contributed by atoms with Gasteiger partial charge in [0, 0.05) is 22.7 Å². The summed E-state index contributed by atoms with van der Waals surface area (Å²) in [6.07, 6.45) is -0.176. The minimum absolute atomic E-state index is 0.0344. The van der Waals surface area contributed by atoms with Crippen LogP contribution in [0.25, 0.3) is 0 Å². The van der Waals surface area contributed by atoms with Gasteiger partial charge in [0.2, 0.25) is 0 Å². The summed E-state index contributed by atoms with van der Waals surface area (Å²) in [5.74, 6) is -1.45. The number of Topliss-reactive ketones (excluding diaryl/α,β-unsaturated/α-hetero) is 1. The number of nitrogens with one attached hydrogen (secondary N) is 1. The SMILES string of the molecule is N#Cc1ccc(NC(=O)COC(=O)CCC(=O)c2ccc(Cl)cc2)cc1Cl. The van der Waals surface area contributed by atoms with Crippen LogP contribution in [0.1, 0.15) is 28.8 Å². The maximum absolute atomic E-state index is 12.0. The number of ether oxygens (including phenoxy) is 1. The normalized spacial score (nSPS) is 9.96. The molecule has 0 fully saturated rings. The minimum atomic E-state index is -0.662. The van der Waals surface area contributed by atoms with Crippen molar-refractivity contribution in [1.29, 1.82) is 5.26 Å². The Morgan fingerprint density at radius 3 is 2.37 bits per heavy atom. The van der Waals surface area contributed by atoms with Gasteiger partial charge in [-0.05, 0) is 42.5 Å². The lowest BCUT2D eigenvalue weighted by atomic mass is 10.1. The first-order valence-corrected chi connectivity index (χ1v) is 8.58. The molecule has 1 N–H and O–H groups in total. The van der Waals surface area contributed by atoms with Gasteiger partial charge in [-0.2, -0.15) is 5.26 Å². The molecule has 2 aromatic rings. The number of carbonyl (C=O) groups is 3. The van der Waals surface area contributed by atoms with Crippen LogP contribution in [-0.4, -0.2) is 24.3 Å². The highest BCUT2D eigenvalue weighted by Gasteiger charge is 2.12. The summed E-state index contributed by atoms with van der Waals surface area (Å²) in [5.41, 5.74) is 1.10. The molecule has 2 aromatic carbocycles. The molecule has 0 spiro atoms. The number of rotatable bonds is 7. The highest BCUT2D eigenvalue weighted by atomic mass is 35.5. The molecule has 0 radical (unpaired) electrons. The second-order valence-corrected chi connectivity index (χ2v) is 6.29. The molecular weight excluding hydrogens is 391 g/mol. The number of hydrogen-bond donors (Lipinski definition) is 1. The molecule has 27 heavy (non-hydrogen) atoms. The number of benzene rings is 2. The first-order valence-electron chi connectivity index (χ1n) is 7.83. The number of nitriles is 1. The number of esters is 1. The zero-order valence-corrected chi connectivity index (χ0v) is 15.5. The maximum atomic E-state index is 12.0. The molecule has 0 bridgehead atoms. The Kier molecular flexibility index (Phi) is 7.35. The summed E-state index contributed by atoms with van der Waals surface area (Å²) >= 11 is 11.6. The van der Waals surface area contributed by atoms with Crippen molar-refractivity contribution in [3.63, 3.8) is 0 Å². The molecule has 6 nitrogen and oxygen atoms in total. The van der Waals surface area contributed by atoms with Crippen LogP contribution in [0.5, 0.6) is 0 Å². The topological polar surface area (TPSA) is 96.3 Å². The van der Waals surface area contributed by atoms with E-state index in [0.29, 0.717) is 16.3 Å². The van der Waals surface area contributed by atoms with Crippen LogP contribution < -0.4 is 5.32 Å². The van der Waals surface area contributed by atoms with Gasteiger partial charge in [-0.3, -0.25) is 14.4 Å². The predicted molar refractivity (Wildman–Crippen MR) is 101 cm³/mol. The van der Waals surface area contributed by atoms with Crippen LogP contribution in [0.15, 0.2) is 42.5 Å². The van der Waals surface area contributed by atoms with Gasteiger partial charge in [-0.15, -0.1) is 0 Å². The first kappa shape index (κ1) is 20.4. The lowest BCUT2D eigenvalue weighted by Crippen LogP contribution is -2.21. The van der Waals surface area contributed by atoms with E-state index in [4.69, 9.17) is 33.2 Å². The van der Waals surface area contributed by atoms with Crippen LogP contribution in [0.3, 0.4) is 0 Å². The van der Waals surface area contributed by atoms with Crippen molar-refractivity contribution >= 4 is 46.5 Å². The van der Waals surface area contributed by atoms with E-state index in [9.17, 15) is 14.4 Å². The van der Waals surface area contributed by atoms with E-state index in [1.54, 1.807) is 24.3 Å². The standard InChI is InChI=1S/C19H14Cl2N2O4/c20-14-4-1-12(2-5-14)17(24)7-8-19(26)27-11-18(25)23-15-6-3-13(10-22)16(21)9-15/h1-6,9H,7-8,11H2,(H,23,25). The summed E-state index contributed by atoms with van der Waals surface area (Å²) in [6, 6.07) is 12.6. The van der Waals surface area contributed by atoms with Crippen LogP contribution in [0, 0.1) is 11.3 Å². The average Bonchev–Trinajstić information content (AvgIpc) is 2.65. The highest BCUT2D eigenvalue weighted by molar-refractivity contribution is 6.32. The monoisotopic (exact) mass is 404 g/mol. The van der Waals surface area contributed by atoms with Gasteiger partial charge in [0.05, 0.1) is 17.0 Å². The molecule has 0 unspecified atom stereocenters. The number of halogens is 2. The van der Waals surface area contributed by atoms with Gasteiger partial charge < -0.3 is 10.1 Å². The number of nitrogens with zero attached hydrogens (tertiary/aromatic N) is 1. The molecule has 8 heteroatoms. The van der Waals surface area contributed by atoms with Crippen LogP contribution in [0.4, 0.5) is 5.69 Å². The second-order valence-electron chi connectivity index (χ2n) is 5.45. The fourth-order valence-electron chi connectivity index (χ4n) is 2.09. The van der Waals surface area contributed by atoms with E-state index in [1.165, 1.54) is 18.2 Å². The second kappa shape index (κ2) is 9.72. The van der Waals surface area contributed by atoms with Crippen molar-refractivity contribution in [2.45, 2.75) is 12.8 Å². The smallest absolute Gasteiger partial charge is 0.306 e. The highest BCUT2D eigenvalue weighted by Crippen LogP contribution is 2.20. The Morgan fingerprint density at radius 2 is 1.74 bits per heavy atom. The van der Waals surface area contributed by atoms with Crippen molar-refractivity contribution in [1.82, 2.24) is 0 Å².